The second-order valence-electron chi connectivity index (χ2n) is 8.56. The summed E-state index contributed by atoms with van der Waals surface area (Å²) in [5.74, 6) is 0.513. The number of thioether (sulfide) groups is 1. The van der Waals surface area contributed by atoms with E-state index in [2.05, 4.69) is 19.2 Å². The van der Waals surface area contributed by atoms with Crippen molar-refractivity contribution < 1.29 is 19.1 Å². The number of hydrogen-bond acceptors (Lipinski definition) is 6. The van der Waals surface area contributed by atoms with E-state index >= 15 is 0 Å². The van der Waals surface area contributed by atoms with Gasteiger partial charge >= 0.3 is 0 Å². The maximum absolute atomic E-state index is 13.2. The quantitative estimate of drug-likeness (QED) is 0.227. The number of aryl methyl sites for hydroxylation is 2. The van der Waals surface area contributed by atoms with Crippen molar-refractivity contribution in [2.75, 3.05) is 23.4 Å². The molecule has 0 aromatic heterocycles. The molecule has 38 heavy (non-hydrogen) atoms. The first-order chi connectivity index (χ1) is 18.4. The molecule has 1 fully saturated rings. The minimum atomic E-state index is -0.267. The fourth-order valence-corrected chi connectivity index (χ4v) is 5.19. The van der Waals surface area contributed by atoms with Crippen molar-refractivity contribution >= 4 is 57.6 Å². The van der Waals surface area contributed by atoms with Gasteiger partial charge < -0.3 is 14.8 Å². The number of hydrogen-bond donors (Lipinski definition) is 1. The lowest BCUT2D eigenvalue weighted by Crippen LogP contribution is -2.27. The Morgan fingerprint density at radius 3 is 2.21 bits per heavy atom. The van der Waals surface area contributed by atoms with Gasteiger partial charge in [-0.3, -0.25) is 14.5 Å². The predicted octanol–water partition coefficient (Wildman–Crippen LogP) is 6.63. The average Bonchev–Trinajstić information content (AvgIpc) is 3.21. The number of rotatable bonds is 10. The van der Waals surface area contributed by atoms with Crippen LogP contribution in [-0.4, -0.2) is 29.3 Å². The summed E-state index contributed by atoms with van der Waals surface area (Å²) in [5, 5.41) is 2.84. The van der Waals surface area contributed by atoms with Crippen molar-refractivity contribution in [2.45, 2.75) is 33.6 Å². The fraction of sp³-hybridized carbons (Fsp3) is 0.233. The molecule has 8 heteroatoms. The van der Waals surface area contributed by atoms with Crippen molar-refractivity contribution in [1.29, 1.82) is 0 Å². The number of benzene rings is 3. The molecule has 0 radical (unpaired) electrons. The van der Waals surface area contributed by atoms with Gasteiger partial charge in [0, 0.05) is 5.69 Å². The fourth-order valence-electron chi connectivity index (χ4n) is 3.89. The standard InChI is InChI=1S/C30H30N2O4S2/c1-4-20-7-12-23(13-8-20)31-28(33)19-36-25-16-11-22(17-26(25)35-6-3)18-27-29(34)32(30(37)38-27)24-14-9-21(5-2)10-15-24/h7-18H,4-6,19H2,1-3H3,(H,31,33)/b27-18-. The first-order valence-corrected chi connectivity index (χ1v) is 13.8. The SMILES string of the molecule is CCOc1cc(/C=C2\SC(=S)N(c3ccc(CC)cc3)C2=O)ccc1OCC(=O)Nc1ccc(CC)cc1. The van der Waals surface area contributed by atoms with Crippen LogP contribution in [0.3, 0.4) is 0 Å². The number of amides is 2. The monoisotopic (exact) mass is 546 g/mol. The van der Waals surface area contributed by atoms with Crippen molar-refractivity contribution in [1.82, 2.24) is 0 Å². The molecule has 1 aliphatic rings. The molecular formula is C30H30N2O4S2. The van der Waals surface area contributed by atoms with Gasteiger partial charge in [0.1, 0.15) is 0 Å². The molecule has 0 saturated carbocycles. The average molecular weight is 547 g/mol. The lowest BCUT2D eigenvalue weighted by Gasteiger charge is -2.15. The number of carbonyl (C=O) groups is 2. The summed E-state index contributed by atoms with van der Waals surface area (Å²) >= 11 is 6.77. The zero-order chi connectivity index (χ0) is 27.1. The molecule has 1 N–H and O–H groups in total. The maximum atomic E-state index is 13.2. The van der Waals surface area contributed by atoms with Crippen LogP contribution in [0.5, 0.6) is 11.5 Å². The van der Waals surface area contributed by atoms with E-state index in [1.54, 1.807) is 23.1 Å². The third-order valence-corrected chi connectivity index (χ3v) is 7.27. The summed E-state index contributed by atoms with van der Waals surface area (Å²) in [6, 6.07) is 20.9. The van der Waals surface area contributed by atoms with Gasteiger partial charge in [0.25, 0.3) is 11.8 Å². The zero-order valence-electron chi connectivity index (χ0n) is 21.7. The molecule has 196 valence electrons. The van der Waals surface area contributed by atoms with Crippen LogP contribution in [0.25, 0.3) is 6.08 Å². The number of nitrogens with one attached hydrogen (secondary N) is 1. The minimum Gasteiger partial charge on any atom is -0.490 e. The first kappa shape index (κ1) is 27.4. The van der Waals surface area contributed by atoms with Crippen LogP contribution in [0.4, 0.5) is 11.4 Å². The molecule has 3 aromatic carbocycles. The van der Waals surface area contributed by atoms with Gasteiger partial charge in [0.05, 0.1) is 17.2 Å². The Balaban J connectivity index is 1.45. The van der Waals surface area contributed by atoms with Gasteiger partial charge in [-0.05, 0) is 78.9 Å². The summed E-state index contributed by atoms with van der Waals surface area (Å²) in [5.41, 5.74) is 4.64. The van der Waals surface area contributed by atoms with Crippen LogP contribution >= 0.6 is 24.0 Å². The Morgan fingerprint density at radius 1 is 0.921 bits per heavy atom. The number of ether oxygens (including phenoxy) is 2. The van der Waals surface area contributed by atoms with Gasteiger partial charge in [-0.1, -0.05) is 68.2 Å². The van der Waals surface area contributed by atoms with Crippen LogP contribution in [0, 0.1) is 0 Å². The van der Waals surface area contributed by atoms with Crippen molar-refractivity contribution in [3.05, 3.63) is 88.3 Å². The zero-order valence-corrected chi connectivity index (χ0v) is 23.3. The molecule has 0 bridgehead atoms. The molecule has 4 rings (SSSR count). The van der Waals surface area contributed by atoms with Crippen LogP contribution in [0.2, 0.25) is 0 Å². The Labute approximate surface area is 233 Å². The van der Waals surface area contributed by atoms with E-state index in [4.69, 9.17) is 21.7 Å². The second-order valence-corrected chi connectivity index (χ2v) is 10.2. The van der Waals surface area contributed by atoms with Gasteiger partial charge in [-0.2, -0.15) is 0 Å². The maximum Gasteiger partial charge on any atom is 0.270 e. The third kappa shape index (κ3) is 6.62. The number of carbonyl (C=O) groups excluding carboxylic acids is 2. The number of anilines is 2. The molecular weight excluding hydrogens is 516 g/mol. The highest BCUT2D eigenvalue weighted by atomic mass is 32.2. The van der Waals surface area contributed by atoms with Crippen molar-refractivity contribution in [2.24, 2.45) is 0 Å². The summed E-state index contributed by atoms with van der Waals surface area (Å²) in [6.07, 6.45) is 3.66. The summed E-state index contributed by atoms with van der Waals surface area (Å²) in [4.78, 5) is 27.7. The van der Waals surface area contributed by atoms with Gasteiger partial charge in [0.2, 0.25) is 0 Å². The van der Waals surface area contributed by atoms with E-state index in [9.17, 15) is 9.59 Å². The summed E-state index contributed by atoms with van der Waals surface area (Å²) in [6.45, 7) is 6.30. The molecule has 1 heterocycles. The van der Waals surface area contributed by atoms with Crippen LogP contribution < -0.4 is 19.7 Å². The molecule has 0 atom stereocenters. The van der Waals surface area contributed by atoms with Crippen molar-refractivity contribution in [3.63, 3.8) is 0 Å². The molecule has 2 amide bonds. The lowest BCUT2D eigenvalue weighted by atomic mass is 10.1. The first-order valence-electron chi connectivity index (χ1n) is 12.6. The number of thiocarbonyl (C=S) groups is 1. The Bertz CT molecular complexity index is 1350. The summed E-state index contributed by atoms with van der Waals surface area (Å²) in [7, 11) is 0. The molecule has 1 aliphatic heterocycles. The van der Waals surface area contributed by atoms with Gasteiger partial charge in [-0.15, -0.1) is 0 Å². The van der Waals surface area contributed by atoms with E-state index in [0.29, 0.717) is 27.3 Å². The smallest absolute Gasteiger partial charge is 0.270 e. The highest BCUT2D eigenvalue weighted by molar-refractivity contribution is 8.27. The van der Waals surface area contributed by atoms with E-state index in [-0.39, 0.29) is 18.4 Å². The van der Waals surface area contributed by atoms with E-state index < -0.39 is 0 Å². The molecule has 6 nitrogen and oxygen atoms in total. The van der Waals surface area contributed by atoms with Gasteiger partial charge in [-0.25, -0.2) is 0 Å². The molecule has 0 aliphatic carbocycles. The lowest BCUT2D eigenvalue weighted by molar-refractivity contribution is -0.118. The molecule has 0 unspecified atom stereocenters. The topological polar surface area (TPSA) is 67.9 Å². The Kier molecular flexibility index (Phi) is 9.20. The molecule has 1 saturated heterocycles. The highest BCUT2D eigenvalue weighted by Crippen LogP contribution is 2.37. The van der Waals surface area contributed by atoms with E-state index in [1.807, 2.05) is 61.5 Å². The highest BCUT2D eigenvalue weighted by Gasteiger charge is 2.33. The summed E-state index contributed by atoms with van der Waals surface area (Å²) < 4.78 is 12.0. The van der Waals surface area contributed by atoms with Crippen LogP contribution in [-0.2, 0) is 22.4 Å². The van der Waals surface area contributed by atoms with E-state index in [0.717, 1.165) is 29.8 Å². The van der Waals surface area contributed by atoms with Gasteiger partial charge in [0.15, 0.2) is 22.4 Å². The molecule has 0 spiro atoms. The van der Waals surface area contributed by atoms with Crippen molar-refractivity contribution in [3.8, 4) is 11.5 Å². The Hall–Kier alpha value is -3.62. The predicted molar refractivity (Wildman–Crippen MR) is 159 cm³/mol. The normalized spacial score (nSPS) is 14.2. The second kappa shape index (κ2) is 12.8. The van der Waals surface area contributed by atoms with Crippen LogP contribution in [0.1, 0.15) is 37.5 Å². The molecule has 3 aromatic rings. The Morgan fingerprint density at radius 2 is 1.58 bits per heavy atom. The van der Waals surface area contributed by atoms with E-state index in [1.165, 1.54) is 22.9 Å². The number of nitrogens with zero attached hydrogens (tertiary/aromatic N) is 1. The largest absolute Gasteiger partial charge is 0.490 e. The minimum absolute atomic E-state index is 0.161. The third-order valence-electron chi connectivity index (χ3n) is 5.97. The van der Waals surface area contributed by atoms with Crippen LogP contribution in [0.15, 0.2) is 71.6 Å².